The Morgan fingerprint density at radius 1 is 1.38 bits per heavy atom. The summed E-state index contributed by atoms with van der Waals surface area (Å²) in [7, 11) is 1.78. The SMILES string of the molecule is COC1(c2nsc(NC3CC3)n2)CCCC1. The molecule has 0 radical (unpaired) electrons. The first kappa shape index (κ1) is 10.5. The van der Waals surface area contributed by atoms with Crippen molar-refractivity contribution in [2.75, 3.05) is 12.4 Å². The summed E-state index contributed by atoms with van der Waals surface area (Å²) in [5.41, 5.74) is -0.194. The minimum Gasteiger partial charge on any atom is -0.370 e. The highest BCUT2D eigenvalue weighted by atomic mass is 32.1. The summed E-state index contributed by atoms with van der Waals surface area (Å²) in [6.45, 7) is 0. The van der Waals surface area contributed by atoms with Crippen LogP contribution in [-0.2, 0) is 10.3 Å². The molecule has 0 atom stereocenters. The van der Waals surface area contributed by atoms with E-state index in [2.05, 4.69) is 14.7 Å². The summed E-state index contributed by atoms with van der Waals surface area (Å²) in [4.78, 5) is 4.59. The smallest absolute Gasteiger partial charge is 0.202 e. The molecule has 0 saturated heterocycles. The molecule has 2 fully saturated rings. The van der Waals surface area contributed by atoms with Crippen molar-refractivity contribution < 1.29 is 4.74 Å². The molecule has 0 aromatic carbocycles. The molecule has 1 N–H and O–H groups in total. The van der Waals surface area contributed by atoms with Gasteiger partial charge in [-0.2, -0.15) is 4.37 Å². The lowest BCUT2D eigenvalue weighted by Gasteiger charge is -2.23. The number of ether oxygens (including phenoxy) is 1. The van der Waals surface area contributed by atoms with E-state index < -0.39 is 0 Å². The molecule has 1 aromatic rings. The maximum Gasteiger partial charge on any atom is 0.202 e. The number of nitrogens with zero attached hydrogens (tertiary/aromatic N) is 2. The van der Waals surface area contributed by atoms with Gasteiger partial charge in [0, 0.05) is 24.7 Å². The Hall–Kier alpha value is -0.680. The molecule has 16 heavy (non-hydrogen) atoms. The second-order valence-electron chi connectivity index (χ2n) is 4.75. The zero-order valence-electron chi connectivity index (χ0n) is 9.53. The number of hydrogen-bond donors (Lipinski definition) is 1. The molecule has 4 nitrogen and oxygen atoms in total. The molecular weight excluding hydrogens is 222 g/mol. The fraction of sp³-hybridized carbons (Fsp3) is 0.818. The third-order valence-electron chi connectivity index (χ3n) is 3.54. The lowest BCUT2D eigenvalue weighted by Crippen LogP contribution is -2.25. The van der Waals surface area contributed by atoms with Crippen LogP contribution in [-0.4, -0.2) is 22.5 Å². The number of anilines is 1. The Morgan fingerprint density at radius 2 is 2.12 bits per heavy atom. The average molecular weight is 239 g/mol. The van der Waals surface area contributed by atoms with Gasteiger partial charge in [0.05, 0.1) is 0 Å². The highest BCUT2D eigenvalue weighted by molar-refractivity contribution is 7.09. The van der Waals surface area contributed by atoms with E-state index in [0.29, 0.717) is 6.04 Å². The van der Waals surface area contributed by atoms with Crippen LogP contribution in [0.2, 0.25) is 0 Å². The van der Waals surface area contributed by atoms with Crippen molar-refractivity contribution >= 4 is 16.7 Å². The van der Waals surface area contributed by atoms with Gasteiger partial charge in [0.2, 0.25) is 5.13 Å². The monoisotopic (exact) mass is 239 g/mol. The van der Waals surface area contributed by atoms with Crippen LogP contribution in [0.5, 0.6) is 0 Å². The first-order valence-corrected chi connectivity index (χ1v) is 6.76. The summed E-state index contributed by atoms with van der Waals surface area (Å²) >= 11 is 1.47. The summed E-state index contributed by atoms with van der Waals surface area (Å²) in [6.07, 6.45) is 7.09. The Morgan fingerprint density at radius 3 is 2.75 bits per heavy atom. The van der Waals surface area contributed by atoms with Crippen molar-refractivity contribution in [1.29, 1.82) is 0 Å². The van der Waals surface area contributed by atoms with Gasteiger partial charge in [-0.3, -0.25) is 0 Å². The number of nitrogens with one attached hydrogen (secondary N) is 1. The predicted molar refractivity (Wildman–Crippen MR) is 63.7 cm³/mol. The highest BCUT2D eigenvalue weighted by Crippen LogP contribution is 2.41. The third-order valence-corrected chi connectivity index (χ3v) is 4.19. The number of hydrogen-bond acceptors (Lipinski definition) is 5. The van der Waals surface area contributed by atoms with Gasteiger partial charge in [0.1, 0.15) is 5.60 Å². The van der Waals surface area contributed by atoms with Gasteiger partial charge < -0.3 is 10.1 Å². The zero-order valence-corrected chi connectivity index (χ0v) is 10.3. The molecule has 0 unspecified atom stereocenters. The number of methoxy groups -OCH3 is 1. The van der Waals surface area contributed by atoms with Crippen LogP contribution >= 0.6 is 11.5 Å². The fourth-order valence-corrected chi connectivity index (χ4v) is 3.06. The molecule has 2 aliphatic rings. The third kappa shape index (κ3) is 1.82. The lowest BCUT2D eigenvalue weighted by atomic mass is 10.0. The molecule has 2 saturated carbocycles. The van der Waals surface area contributed by atoms with Crippen molar-refractivity contribution in [2.24, 2.45) is 0 Å². The van der Waals surface area contributed by atoms with Crippen molar-refractivity contribution in [3.8, 4) is 0 Å². The Balaban J connectivity index is 1.78. The van der Waals surface area contributed by atoms with Gasteiger partial charge in [-0.25, -0.2) is 4.98 Å². The van der Waals surface area contributed by atoms with Gasteiger partial charge in [-0.15, -0.1) is 0 Å². The summed E-state index contributed by atoms with van der Waals surface area (Å²) in [6, 6.07) is 0.642. The molecule has 5 heteroatoms. The van der Waals surface area contributed by atoms with Crippen LogP contribution in [0.25, 0.3) is 0 Å². The van der Waals surface area contributed by atoms with Crippen molar-refractivity contribution in [2.45, 2.75) is 50.2 Å². The van der Waals surface area contributed by atoms with Crippen LogP contribution < -0.4 is 5.32 Å². The van der Waals surface area contributed by atoms with Crippen LogP contribution in [0.4, 0.5) is 5.13 Å². The van der Waals surface area contributed by atoms with Crippen LogP contribution in [0.1, 0.15) is 44.3 Å². The van der Waals surface area contributed by atoms with Gasteiger partial charge in [-0.05, 0) is 38.5 Å². The molecule has 0 aliphatic heterocycles. The molecule has 88 valence electrons. The van der Waals surface area contributed by atoms with E-state index in [1.165, 1.54) is 37.2 Å². The van der Waals surface area contributed by atoms with E-state index in [4.69, 9.17) is 4.74 Å². The van der Waals surface area contributed by atoms with Crippen LogP contribution in [0.15, 0.2) is 0 Å². The molecule has 0 spiro atoms. The molecule has 2 aliphatic carbocycles. The Kier molecular flexibility index (Phi) is 2.59. The molecule has 1 heterocycles. The van der Waals surface area contributed by atoms with Crippen LogP contribution in [0.3, 0.4) is 0 Å². The second kappa shape index (κ2) is 3.96. The Bertz CT molecular complexity index is 369. The maximum atomic E-state index is 5.67. The lowest BCUT2D eigenvalue weighted by molar-refractivity contribution is -0.0152. The van der Waals surface area contributed by atoms with Gasteiger partial charge in [0.25, 0.3) is 0 Å². The first-order chi connectivity index (χ1) is 7.82. The van der Waals surface area contributed by atoms with E-state index in [9.17, 15) is 0 Å². The average Bonchev–Trinajstić information content (AvgIpc) is 2.83. The maximum absolute atomic E-state index is 5.67. The molecule has 1 aromatic heterocycles. The largest absolute Gasteiger partial charge is 0.370 e. The molecular formula is C11H17N3OS. The topological polar surface area (TPSA) is 47.0 Å². The standard InChI is InChI=1S/C11H17N3OS/c1-15-11(6-2-3-7-11)9-13-10(16-14-9)12-8-4-5-8/h8H,2-7H2,1H3,(H,12,13,14). The Labute approximate surface area is 99.6 Å². The fourth-order valence-electron chi connectivity index (χ4n) is 2.33. The van der Waals surface area contributed by atoms with Crippen molar-refractivity contribution in [1.82, 2.24) is 9.36 Å². The second-order valence-corrected chi connectivity index (χ2v) is 5.50. The van der Waals surface area contributed by atoms with E-state index in [0.717, 1.165) is 23.8 Å². The van der Waals surface area contributed by atoms with E-state index >= 15 is 0 Å². The minimum atomic E-state index is -0.194. The van der Waals surface area contributed by atoms with E-state index in [1.807, 2.05) is 0 Å². The van der Waals surface area contributed by atoms with Crippen molar-refractivity contribution in [3.05, 3.63) is 5.82 Å². The summed E-state index contributed by atoms with van der Waals surface area (Å²) in [5, 5.41) is 4.35. The van der Waals surface area contributed by atoms with Crippen molar-refractivity contribution in [3.63, 3.8) is 0 Å². The molecule has 3 rings (SSSR count). The van der Waals surface area contributed by atoms with Gasteiger partial charge in [-0.1, -0.05) is 0 Å². The first-order valence-electron chi connectivity index (χ1n) is 5.98. The van der Waals surface area contributed by atoms with Gasteiger partial charge in [0.15, 0.2) is 5.82 Å². The summed E-state index contributed by atoms with van der Waals surface area (Å²) < 4.78 is 10.1. The van der Waals surface area contributed by atoms with E-state index in [1.54, 1.807) is 7.11 Å². The predicted octanol–water partition coefficient (Wildman–Crippen LogP) is 2.53. The van der Waals surface area contributed by atoms with Gasteiger partial charge >= 0.3 is 0 Å². The normalized spacial score (nSPS) is 23.6. The molecule has 0 amide bonds. The molecule has 0 bridgehead atoms. The number of rotatable bonds is 4. The number of aromatic nitrogens is 2. The minimum absolute atomic E-state index is 0.194. The highest BCUT2D eigenvalue weighted by Gasteiger charge is 2.39. The van der Waals surface area contributed by atoms with E-state index in [-0.39, 0.29) is 5.60 Å². The zero-order chi connectivity index (χ0) is 11.0. The quantitative estimate of drug-likeness (QED) is 0.877. The van der Waals surface area contributed by atoms with Crippen LogP contribution in [0, 0.1) is 0 Å². The summed E-state index contributed by atoms with van der Waals surface area (Å²) in [5.74, 6) is 0.889.